The lowest BCUT2D eigenvalue weighted by molar-refractivity contribution is 0.236. The lowest BCUT2D eigenvalue weighted by Gasteiger charge is -2.11. The average molecular weight is 351 g/mol. The Morgan fingerprint density at radius 2 is 1.81 bits per heavy atom. The lowest BCUT2D eigenvalue weighted by Crippen LogP contribution is -2.37. The number of urea groups is 1. The topological polar surface area (TPSA) is 72.5 Å². The molecule has 1 heterocycles. The fourth-order valence-corrected chi connectivity index (χ4v) is 2.61. The molecular formula is C20H21N3O3. The van der Waals surface area contributed by atoms with Crippen molar-refractivity contribution in [3.8, 4) is 11.5 Å². The Hall–Kier alpha value is -3.28. The highest BCUT2D eigenvalue weighted by atomic mass is 16.5. The number of benzene rings is 2. The van der Waals surface area contributed by atoms with Crippen molar-refractivity contribution in [2.24, 2.45) is 0 Å². The molecule has 0 fully saturated rings. The fourth-order valence-electron chi connectivity index (χ4n) is 2.61. The van der Waals surface area contributed by atoms with Gasteiger partial charge in [0.1, 0.15) is 23.6 Å². The molecule has 0 saturated carbocycles. The first kappa shape index (κ1) is 17.5. The number of amides is 2. The summed E-state index contributed by atoms with van der Waals surface area (Å²) in [6.45, 7) is 1.14. The summed E-state index contributed by atoms with van der Waals surface area (Å²) < 4.78 is 11.0. The summed E-state index contributed by atoms with van der Waals surface area (Å²) in [6, 6.07) is 17.0. The monoisotopic (exact) mass is 351 g/mol. The maximum Gasteiger partial charge on any atom is 0.315 e. The van der Waals surface area contributed by atoms with Crippen LogP contribution in [0.25, 0.3) is 10.9 Å². The summed E-state index contributed by atoms with van der Waals surface area (Å²) in [5, 5.41) is 6.60. The Labute approximate surface area is 152 Å². The van der Waals surface area contributed by atoms with Crippen LogP contribution in [0.1, 0.15) is 5.56 Å². The lowest BCUT2D eigenvalue weighted by atomic mass is 10.2. The number of para-hydroxylation sites is 2. The van der Waals surface area contributed by atoms with E-state index in [2.05, 4.69) is 15.6 Å². The van der Waals surface area contributed by atoms with Crippen LogP contribution in [0.3, 0.4) is 0 Å². The highest BCUT2D eigenvalue weighted by Gasteiger charge is 2.05. The number of nitrogens with zero attached hydrogens (tertiary/aromatic N) is 1. The molecule has 134 valence electrons. The van der Waals surface area contributed by atoms with E-state index in [0.29, 0.717) is 25.4 Å². The number of methoxy groups -OCH3 is 1. The maximum absolute atomic E-state index is 11.9. The van der Waals surface area contributed by atoms with Crippen molar-refractivity contribution in [3.63, 3.8) is 0 Å². The minimum atomic E-state index is -0.254. The van der Waals surface area contributed by atoms with Crippen LogP contribution in [-0.2, 0) is 6.54 Å². The van der Waals surface area contributed by atoms with Gasteiger partial charge in [-0.3, -0.25) is 4.98 Å². The van der Waals surface area contributed by atoms with Gasteiger partial charge in [0.05, 0.1) is 13.7 Å². The van der Waals surface area contributed by atoms with E-state index in [0.717, 1.165) is 22.2 Å². The van der Waals surface area contributed by atoms with E-state index in [9.17, 15) is 4.79 Å². The number of fused-ring (bicyclic) bond motifs is 1. The van der Waals surface area contributed by atoms with E-state index in [1.165, 1.54) is 0 Å². The molecule has 0 atom stereocenters. The van der Waals surface area contributed by atoms with Crippen LogP contribution >= 0.6 is 0 Å². The highest BCUT2D eigenvalue weighted by Crippen LogP contribution is 2.22. The molecule has 0 spiro atoms. The van der Waals surface area contributed by atoms with Gasteiger partial charge in [-0.2, -0.15) is 0 Å². The summed E-state index contributed by atoms with van der Waals surface area (Å²) in [6.07, 6.45) is 1.73. The number of rotatable bonds is 7. The van der Waals surface area contributed by atoms with E-state index in [1.54, 1.807) is 13.3 Å². The number of pyridine rings is 1. The smallest absolute Gasteiger partial charge is 0.315 e. The molecule has 6 heteroatoms. The van der Waals surface area contributed by atoms with E-state index in [1.807, 2.05) is 54.6 Å². The molecule has 0 aliphatic rings. The number of hydrogen-bond acceptors (Lipinski definition) is 4. The van der Waals surface area contributed by atoms with Gasteiger partial charge < -0.3 is 20.1 Å². The molecule has 2 N–H and O–H groups in total. The van der Waals surface area contributed by atoms with E-state index >= 15 is 0 Å². The Kier molecular flexibility index (Phi) is 5.88. The van der Waals surface area contributed by atoms with Crippen molar-refractivity contribution in [2.45, 2.75) is 6.54 Å². The first-order chi connectivity index (χ1) is 12.8. The summed E-state index contributed by atoms with van der Waals surface area (Å²) in [4.78, 5) is 16.2. The Balaban J connectivity index is 1.44. The van der Waals surface area contributed by atoms with Crippen molar-refractivity contribution >= 4 is 16.9 Å². The quantitative estimate of drug-likeness (QED) is 0.642. The molecule has 2 aromatic carbocycles. The largest absolute Gasteiger partial charge is 0.496 e. The normalized spacial score (nSPS) is 10.3. The van der Waals surface area contributed by atoms with Gasteiger partial charge in [0.25, 0.3) is 0 Å². The van der Waals surface area contributed by atoms with Crippen molar-refractivity contribution in [1.29, 1.82) is 0 Å². The van der Waals surface area contributed by atoms with Gasteiger partial charge in [0.15, 0.2) is 0 Å². The first-order valence-corrected chi connectivity index (χ1v) is 8.38. The van der Waals surface area contributed by atoms with Gasteiger partial charge >= 0.3 is 6.03 Å². The summed E-state index contributed by atoms with van der Waals surface area (Å²) in [5.41, 5.74) is 1.74. The third-order valence-electron chi connectivity index (χ3n) is 3.87. The van der Waals surface area contributed by atoms with Crippen molar-refractivity contribution < 1.29 is 14.3 Å². The van der Waals surface area contributed by atoms with Crippen LogP contribution in [-0.4, -0.2) is 31.3 Å². The minimum Gasteiger partial charge on any atom is -0.496 e. The molecule has 0 unspecified atom stereocenters. The minimum absolute atomic E-state index is 0.254. The predicted molar refractivity (Wildman–Crippen MR) is 100 cm³/mol. The molecule has 6 nitrogen and oxygen atoms in total. The third kappa shape index (κ3) is 4.42. The molecular weight excluding hydrogens is 330 g/mol. The van der Waals surface area contributed by atoms with E-state index in [-0.39, 0.29) is 6.03 Å². The number of hydrogen-bond donors (Lipinski definition) is 2. The van der Waals surface area contributed by atoms with Crippen LogP contribution in [0.2, 0.25) is 0 Å². The average Bonchev–Trinajstić information content (AvgIpc) is 2.70. The molecule has 2 amide bonds. The molecule has 26 heavy (non-hydrogen) atoms. The molecule has 0 bridgehead atoms. The van der Waals surface area contributed by atoms with Gasteiger partial charge in [-0.1, -0.05) is 36.4 Å². The predicted octanol–water partition coefficient (Wildman–Crippen LogP) is 3.12. The number of nitrogens with one attached hydrogen (secondary N) is 2. The zero-order valence-corrected chi connectivity index (χ0v) is 14.6. The standard InChI is InChI=1S/C20H21N3O3/c1-25-17-9-3-2-6-16(17)14-23-20(24)22-12-13-26-18-10-4-7-15-8-5-11-21-19(15)18/h2-11H,12-14H2,1H3,(H2,22,23,24). The van der Waals surface area contributed by atoms with Gasteiger partial charge in [0, 0.05) is 23.7 Å². The van der Waals surface area contributed by atoms with Crippen molar-refractivity contribution in [2.75, 3.05) is 20.3 Å². The number of aromatic nitrogens is 1. The summed E-state index contributed by atoms with van der Waals surface area (Å²) >= 11 is 0. The zero-order chi connectivity index (χ0) is 18.2. The molecule has 0 aliphatic carbocycles. The molecule has 3 aromatic rings. The number of carbonyl (C=O) groups excluding carboxylic acids is 1. The van der Waals surface area contributed by atoms with Gasteiger partial charge in [-0.05, 0) is 18.2 Å². The third-order valence-corrected chi connectivity index (χ3v) is 3.87. The summed E-state index contributed by atoms with van der Waals surface area (Å²) in [7, 11) is 1.61. The van der Waals surface area contributed by atoms with Crippen LogP contribution in [0.15, 0.2) is 60.8 Å². The van der Waals surface area contributed by atoms with Crippen LogP contribution in [0.4, 0.5) is 4.79 Å². The van der Waals surface area contributed by atoms with Crippen molar-refractivity contribution in [1.82, 2.24) is 15.6 Å². The molecule has 3 rings (SSSR count). The van der Waals surface area contributed by atoms with Crippen LogP contribution < -0.4 is 20.1 Å². The highest BCUT2D eigenvalue weighted by molar-refractivity contribution is 5.84. The Morgan fingerprint density at radius 1 is 1.00 bits per heavy atom. The molecule has 1 aromatic heterocycles. The second-order valence-electron chi connectivity index (χ2n) is 5.60. The Morgan fingerprint density at radius 3 is 2.69 bits per heavy atom. The second kappa shape index (κ2) is 8.71. The molecule has 0 aliphatic heterocycles. The zero-order valence-electron chi connectivity index (χ0n) is 14.6. The first-order valence-electron chi connectivity index (χ1n) is 8.38. The van der Waals surface area contributed by atoms with Crippen LogP contribution in [0, 0.1) is 0 Å². The maximum atomic E-state index is 11.9. The van der Waals surface area contributed by atoms with Gasteiger partial charge in [-0.25, -0.2) is 4.79 Å². The van der Waals surface area contributed by atoms with Crippen LogP contribution in [0.5, 0.6) is 11.5 Å². The SMILES string of the molecule is COc1ccccc1CNC(=O)NCCOc1cccc2cccnc12. The number of ether oxygens (including phenoxy) is 2. The van der Waals surface area contributed by atoms with Gasteiger partial charge in [-0.15, -0.1) is 0 Å². The number of carbonyl (C=O) groups is 1. The summed E-state index contributed by atoms with van der Waals surface area (Å²) in [5.74, 6) is 1.46. The fraction of sp³-hybridized carbons (Fsp3) is 0.200. The van der Waals surface area contributed by atoms with E-state index < -0.39 is 0 Å². The Bertz CT molecular complexity index is 878. The van der Waals surface area contributed by atoms with E-state index in [4.69, 9.17) is 9.47 Å². The second-order valence-corrected chi connectivity index (χ2v) is 5.60. The van der Waals surface area contributed by atoms with Gasteiger partial charge in [0.2, 0.25) is 0 Å². The van der Waals surface area contributed by atoms with Crippen molar-refractivity contribution in [3.05, 3.63) is 66.4 Å². The molecule has 0 saturated heterocycles. The molecule has 0 radical (unpaired) electrons.